The number of hydrogen-bond acceptors (Lipinski definition) is 2. The highest BCUT2D eigenvalue weighted by Gasteiger charge is 2.10. The predicted molar refractivity (Wildman–Crippen MR) is 80.1 cm³/mol. The van der Waals surface area contributed by atoms with E-state index in [0.29, 0.717) is 27.4 Å². The second-order valence-electron chi connectivity index (χ2n) is 4.06. The number of alkyl halides is 1. The van der Waals surface area contributed by atoms with Gasteiger partial charge in [0.05, 0.1) is 16.7 Å². The summed E-state index contributed by atoms with van der Waals surface area (Å²) in [7, 11) is 0. The molecule has 2 nitrogen and oxygen atoms in total. The Labute approximate surface area is 125 Å². The zero-order valence-corrected chi connectivity index (χ0v) is 12.6. The van der Waals surface area contributed by atoms with Crippen LogP contribution in [0.15, 0.2) is 36.4 Å². The molecule has 0 unspecified atom stereocenters. The molecule has 0 N–H and O–H groups in total. The van der Waals surface area contributed by atoms with Crippen LogP contribution in [0, 0.1) is 18.3 Å². The lowest BCUT2D eigenvalue weighted by Gasteiger charge is -2.13. The van der Waals surface area contributed by atoms with Gasteiger partial charge in [-0.3, -0.25) is 0 Å². The molecule has 0 aliphatic carbocycles. The Kier molecular flexibility index (Phi) is 4.47. The molecule has 0 aromatic heterocycles. The Balaban J connectivity index is 2.44. The van der Waals surface area contributed by atoms with E-state index < -0.39 is 0 Å². The van der Waals surface area contributed by atoms with Crippen LogP contribution in [-0.4, -0.2) is 0 Å². The lowest BCUT2D eigenvalue weighted by atomic mass is 10.1. The van der Waals surface area contributed by atoms with Crippen molar-refractivity contribution in [1.82, 2.24) is 0 Å². The summed E-state index contributed by atoms with van der Waals surface area (Å²) in [5.41, 5.74) is 2.49. The van der Waals surface area contributed by atoms with E-state index in [2.05, 4.69) is 22.0 Å². The van der Waals surface area contributed by atoms with Gasteiger partial charge in [0.1, 0.15) is 11.5 Å². The molecule has 0 fully saturated rings. The molecule has 0 saturated heterocycles. The molecule has 0 aliphatic heterocycles. The third-order valence-electron chi connectivity index (χ3n) is 2.72. The molecule has 0 aliphatic rings. The largest absolute Gasteiger partial charge is 0.455 e. The van der Waals surface area contributed by atoms with Crippen molar-refractivity contribution in [2.75, 3.05) is 0 Å². The third-order valence-corrected chi connectivity index (χ3v) is 3.62. The molecule has 19 heavy (non-hydrogen) atoms. The van der Waals surface area contributed by atoms with Crippen molar-refractivity contribution >= 4 is 27.5 Å². The lowest BCUT2D eigenvalue weighted by Crippen LogP contribution is -1.93. The summed E-state index contributed by atoms with van der Waals surface area (Å²) in [5, 5.41) is 10.1. The van der Waals surface area contributed by atoms with E-state index in [4.69, 9.17) is 21.6 Å². The van der Waals surface area contributed by atoms with Crippen molar-refractivity contribution in [2.24, 2.45) is 0 Å². The fourth-order valence-electron chi connectivity index (χ4n) is 1.66. The first-order chi connectivity index (χ1) is 9.15. The number of ether oxygens (including phenoxy) is 1. The summed E-state index contributed by atoms with van der Waals surface area (Å²) >= 11 is 9.58. The molecule has 96 valence electrons. The number of rotatable bonds is 3. The smallest absolute Gasteiger partial charge is 0.150 e. The highest BCUT2D eigenvalue weighted by molar-refractivity contribution is 9.08. The number of hydrogen-bond donors (Lipinski definition) is 0. The van der Waals surface area contributed by atoms with Gasteiger partial charge in [0, 0.05) is 10.9 Å². The van der Waals surface area contributed by atoms with Crippen LogP contribution in [0.2, 0.25) is 5.02 Å². The highest BCUT2D eigenvalue weighted by atomic mass is 79.9. The number of nitriles is 1. The van der Waals surface area contributed by atoms with Gasteiger partial charge in [-0.05, 0) is 30.7 Å². The zero-order chi connectivity index (χ0) is 13.8. The van der Waals surface area contributed by atoms with Gasteiger partial charge in [0.2, 0.25) is 0 Å². The quantitative estimate of drug-likeness (QED) is 0.721. The van der Waals surface area contributed by atoms with Gasteiger partial charge in [-0.2, -0.15) is 5.26 Å². The first-order valence-electron chi connectivity index (χ1n) is 5.67. The molecule has 0 amide bonds. The van der Waals surface area contributed by atoms with Gasteiger partial charge in [0.15, 0.2) is 0 Å². The molecule has 0 radical (unpaired) electrons. The number of para-hydroxylation sites is 1. The first kappa shape index (κ1) is 13.9. The van der Waals surface area contributed by atoms with Crippen molar-refractivity contribution in [1.29, 1.82) is 5.26 Å². The minimum absolute atomic E-state index is 0.554. The second-order valence-corrected chi connectivity index (χ2v) is 5.02. The van der Waals surface area contributed by atoms with Crippen LogP contribution in [0.25, 0.3) is 0 Å². The molecule has 0 bridgehead atoms. The number of nitrogens with zero attached hydrogens (tertiary/aromatic N) is 1. The molecular weight excluding hydrogens is 326 g/mol. The van der Waals surface area contributed by atoms with E-state index in [9.17, 15) is 0 Å². The highest BCUT2D eigenvalue weighted by Crippen LogP contribution is 2.35. The maximum absolute atomic E-state index is 8.94. The molecule has 0 atom stereocenters. The maximum Gasteiger partial charge on any atom is 0.150 e. The van der Waals surface area contributed by atoms with E-state index >= 15 is 0 Å². The lowest BCUT2D eigenvalue weighted by molar-refractivity contribution is 0.475. The van der Waals surface area contributed by atoms with Gasteiger partial charge in [-0.25, -0.2) is 0 Å². The Morgan fingerprint density at radius 1 is 1.32 bits per heavy atom. The van der Waals surface area contributed by atoms with E-state index in [0.717, 1.165) is 11.1 Å². The average molecular weight is 337 g/mol. The van der Waals surface area contributed by atoms with E-state index in [-0.39, 0.29) is 0 Å². The minimum Gasteiger partial charge on any atom is -0.455 e. The number of halogens is 2. The molecular formula is C15H11BrClNO. The van der Waals surface area contributed by atoms with Crippen molar-refractivity contribution in [3.63, 3.8) is 0 Å². The van der Waals surface area contributed by atoms with Crippen molar-refractivity contribution in [2.45, 2.75) is 12.3 Å². The number of aryl methyl sites for hydroxylation is 1. The normalized spacial score (nSPS) is 10.0. The van der Waals surface area contributed by atoms with Crippen LogP contribution < -0.4 is 4.74 Å². The third kappa shape index (κ3) is 3.09. The number of benzene rings is 2. The Morgan fingerprint density at radius 2 is 2.11 bits per heavy atom. The van der Waals surface area contributed by atoms with Crippen molar-refractivity contribution in [3.05, 3.63) is 58.1 Å². The van der Waals surface area contributed by atoms with E-state index in [1.54, 1.807) is 18.2 Å². The fourth-order valence-corrected chi connectivity index (χ4v) is 2.34. The van der Waals surface area contributed by atoms with Crippen LogP contribution in [-0.2, 0) is 5.33 Å². The molecule has 2 aromatic rings. The molecule has 4 heteroatoms. The second kappa shape index (κ2) is 6.10. The standard InChI is InChI=1S/C15H11BrClNO/c1-10-5-6-11(9-18)7-14(10)19-15-12(8-16)3-2-4-13(15)17/h2-7H,8H2,1H3. The summed E-state index contributed by atoms with van der Waals surface area (Å²) in [5.74, 6) is 1.27. The summed E-state index contributed by atoms with van der Waals surface area (Å²) in [6.45, 7) is 1.93. The Hall–Kier alpha value is -1.50. The van der Waals surface area contributed by atoms with Crippen LogP contribution in [0.5, 0.6) is 11.5 Å². The maximum atomic E-state index is 8.94. The van der Waals surface area contributed by atoms with E-state index in [1.165, 1.54) is 0 Å². The molecule has 0 spiro atoms. The predicted octanol–water partition coefficient (Wildman–Crippen LogP) is 5.21. The van der Waals surface area contributed by atoms with Gasteiger partial charge in [-0.1, -0.05) is 45.7 Å². The van der Waals surface area contributed by atoms with E-state index in [1.807, 2.05) is 25.1 Å². The first-order valence-corrected chi connectivity index (χ1v) is 7.17. The van der Waals surface area contributed by atoms with Crippen LogP contribution in [0.4, 0.5) is 0 Å². The van der Waals surface area contributed by atoms with Gasteiger partial charge >= 0.3 is 0 Å². The summed E-state index contributed by atoms with van der Waals surface area (Å²) in [6.07, 6.45) is 0. The summed E-state index contributed by atoms with van der Waals surface area (Å²) < 4.78 is 5.89. The van der Waals surface area contributed by atoms with Crippen molar-refractivity contribution in [3.8, 4) is 17.6 Å². The van der Waals surface area contributed by atoms with Crippen LogP contribution in [0.3, 0.4) is 0 Å². The van der Waals surface area contributed by atoms with Gasteiger partial charge < -0.3 is 4.74 Å². The van der Waals surface area contributed by atoms with Crippen LogP contribution >= 0.6 is 27.5 Å². The fraction of sp³-hybridized carbons (Fsp3) is 0.133. The van der Waals surface area contributed by atoms with Crippen molar-refractivity contribution < 1.29 is 4.74 Å². The molecule has 0 heterocycles. The molecule has 2 rings (SSSR count). The topological polar surface area (TPSA) is 33.0 Å². The summed E-state index contributed by atoms with van der Waals surface area (Å²) in [6, 6.07) is 13.1. The average Bonchev–Trinajstić information content (AvgIpc) is 2.43. The Bertz CT molecular complexity index is 649. The van der Waals surface area contributed by atoms with Crippen LogP contribution in [0.1, 0.15) is 16.7 Å². The van der Waals surface area contributed by atoms with Gasteiger partial charge in [-0.15, -0.1) is 0 Å². The molecule has 2 aromatic carbocycles. The monoisotopic (exact) mass is 335 g/mol. The molecule has 0 saturated carbocycles. The Morgan fingerprint density at radius 3 is 2.79 bits per heavy atom. The van der Waals surface area contributed by atoms with Gasteiger partial charge in [0.25, 0.3) is 0 Å². The summed E-state index contributed by atoms with van der Waals surface area (Å²) in [4.78, 5) is 0. The minimum atomic E-state index is 0.554. The SMILES string of the molecule is Cc1ccc(C#N)cc1Oc1c(Cl)cccc1CBr. The zero-order valence-electron chi connectivity index (χ0n) is 10.3.